The quantitative estimate of drug-likeness (QED) is 0.881. The molecule has 0 aliphatic carbocycles. The number of morpholine rings is 1. The third kappa shape index (κ3) is 2.86. The van der Waals surface area contributed by atoms with Gasteiger partial charge < -0.3 is 14.7 Å². The van der Waals surface area contributed by atoms with Crippen LogP contribution in [0.1, 0.15) is 21.5 Å². The Kier molecular flexibility index (Phi) is 4.15. The highest BCUT2D eigenvalue weighted by atomic mass is 32.1. The van der Waals surface area contributed by atoms with Crippen LogP contribution < -0.4 is 0 Å². The van der Waals surface area contributed by atoms with E-state index in [1.54, 1.807) is 16.2 Å². The summed E-state index contributed by atoms with van der Waals surface area (Å²) < 4.78 is 5.33. The van der Waals surface area contributed by atoms with Gasteiger partial charge in [-0.2, -0.15) is 0 Å². The van der Waals surface area contributed by atoms with Gasteiger partial charge in [0.25, 0.3) is 5.91 Å². The topological polar surface area (TPSA) is 49.8 Å². The van der Waals surface area contributed by atoms with Gasteiger partial charge in [-0.05, 0) is 18.6 Å². The van der Waals surface area contributed by atoms with Gasteiger partial charge >= 0.3 is 0 Å². The molecular formula is C12H17NO3S. The van der Waals surface area contributed by atoms with Gasteiger partial charge in [0.2, 0.25) is 0 Å². The normalized spacial score (nSPS) is 20.6. The largest absolute Gasteiger partial charge is 0.394 e. The predicted octanol–water partition coefficient (Wildman–Crippen LogP) is 1.14. The van der Waals surface area contributed by atoms with Gasteiger partial charge in [0.1, 0.15) is 0 Å². The van der Waals surface area contributed by atoms with Crippen molar-refractivity contribution in [2.24, 2.45) is 0 Å². The summed E-state index contributed by atoms with van der Waals surface area (Å²) in [7, 11) is 0. The molecule has 94 valence electrons. The number of aliphatic hydroxyl groups is 1. The Morgan fingerprint density at radius 1 is 1.65 bits per heavy atom. The van der Waals surface area contributed by atoms with Crippen LogP contribution in [0.3, 0.4) is 0 Å². The molecule has 2 rings (SSSR count). The molecule has 1 N–H and O–H groups in total. The molecule has 2 heterocycles. The molecule has 1 aromatic heterocycles. The van der Waals surface area contributed by atoms with Crippen molar-refractivity contribution < 1.29 is 14.6 Å². The SMILES string of the molecule is CCc1ccc(C(=O)N2CCOC(CO)C2)s1. The van der Waals surface area contributed by atoms with Crippen LogP contribution in [0.2, 0.25) is 0 Å². The van der Waals surface area contributed by atoms with Crippen LogP contribution in [0.5, 0.6) is 0 Å². The number of hydrogen-bond acceptors (Lipinski definition) is 4. The standard InChI is InChI=1S/C12H17NO3S/c1-2-10-3-4-11(17-10)12(15)13-5-6-16-9(7-13)8-14/h3-4,9,14H,2,5-8H2,1H3. The lowest BCUT2D eigenvalue weighted by atomic mass is 10.2. The van der Waals surface area contributed by atoms with Crippen LogP contribution in [0.15, 0.2) is 12.1 Å². The van der Waals surface area contributed by atoms with Crippen LogP contribution in [0, 0.1) is 0 Å². The second-order valence-electron chi connectivity index (χ2n) is 4.05. The monoisotopic (exact) mass is 255 g/mol. The predicted molar refractivity (Wildman–Crippen MR) is 66.4 cm³/mol. The van der Waals surface area contributed by atoms with Crippen LogP contribution in [0.4, 0.5) is 0 Å². The fraction of sp³-hybridized carbons (Fsp3) is 0.583. The van der Waals surface area contributed by atoms with Crippen molar-refractivity contribution in [3.8, 4) is 0 Å². The van der Waals surface area contributed by atoms with E-state index in [-0.39, 0.29) is 18.6 Å². The molecular weight excluding hydrogens is 238 g/mol. The van der Waals surface area contributed by atoms with Gasteiger partial charge in [-0.25, -0.2) is 0 Å². The van der Waals surface area contributed by atoms with Crippen molar-refractivity contribution >= 4 is 17.2 Å². The van der Waals surface area contributed by atoms with Gasteiger partial charge in [0, 0.05) is 18.0 Å². The first-order valence-corrected chi connectivity index (χ1v) is 6.66. The summed E-state index contributed by atoms with van der Waals surface area (Å²) in [5.74, 6) is 0.0523. The van der Waals surface area contributed by atoms with Gasteiger partial charge in [0.05, 0.1) is 24.2 Å². The highest BCUT2D eigenvalue weighted by molar-refractivity contribution is 7.14. The lowest BCUT2D eigenvalue weighted by Gasteiger charge is -2.31. The van der Waals surface area contributed by atoms with Crippen LogP contribution in [-0.2, 0) is 11.2 Å². The Morgan fingerprint density at radius 3 is 3.12 bits per heavy atom. The molecule has 0 aromatic carbocycles. The van der Waals surface area contributed by atoms with E-state index in [2.05, 4.69) is 6.92 Å². The number of aryl methyl sites for hydroxylation is 1. The molecule has 0 radical (unpaired) electrons. The highest BCUT2D eigenvalue weighted by Gasteiger charge is 2.25. The van der Waals surface area contributed by atoms with E-state index in [0.29, 0.717) is 19.7 Å². The number of carbonyl (C=O) groups excluding carboxylic acids is 1. The molecule has 1 atom stereocenters. The van der Waals surface area contributed by atoms with Crippen molar-refractivity contribution in [3.63, 3.8) is 0 Å². The number of ether oxygens (including phenoxy) is 1. The Bertz CT molecular complexity index is 391. The van der Waals surface area contributed by atoms with Crippen LogP contribution in [0.25, 0.3) is 0 Å². The van der Waals surface area contributed by atoms with Gasteiger partial charge in [-0.3, -0.25) is 4.79 Å². The summed E-state index contributed by atoms with van der Waals surface area (Å²) >= 11 is 1.55. The zero-order valence-electron chi connectivity index (χ0n) is 9.89. The van der Waals surface area contributed by atoms with E-state index in [4.69, 9.17) is 9.84 Å². The molecule has 0 bridgehead atoms. The molecule has 4 nitrogen and oxygen atoms in total. The number of rotatable bonds is 3. The number of nitrogens with zero attached hydrogens (tertiary/aromatic N) is 1. The Labute approximate surface area is 105 Å². The average molecular weight is 255 g/mol. The Balaban J connectivity index is 2.03. The van der Waals surface area contributed by atoms with E-state index in [1.807, 2.05) is 12.1 Å². The fourth-order valence-electron chi connectivity index (χ4n) is 1.85. The summed E-state index contributed by atoms with van der Waals surface area (Å²) in [6, 6.07) is 3.89. The first kappa shape index (κ1) is 12.5. The number of aliphatic hydroxyl groups excluding tert-OH is 1. The lowest BCUT2D eigenvalue weighted by Crippen LogP contribution is -2.46. The maximum Gasteiger partial charge on any atom is 0.264 e. The van der Waals surface area contributed by atoms with E-state index >= 15 is 0 Å². The van der Waals surface area contributed by atoms with Crippen molar-refractivity contribution in [2.75, 3.05) is 26.3 Å². The summed E-state index contributed by atoms with van der Waals surface area (Å²) in [6.07, 6.45) is 0.721. The molecule has 5 heteroatoms. The first-order chi connectivity index (χ1) is 8.24. The zero-order valence-corrected chi connectivity index (χ0v) is 10.7. The molecule has 1 saturated heterocycles. The number of thiophene rings is 1. The summed E-state index contributed by atoms with van der Waals surface area (Å²) in [6.45, 7) is 3.64. The molecule has 0 saturated carbocycles. The second kappa shape index (κ2) is 5.62. The van der Waals surface area contributed by atoms with Gasteiger partial charge in [-0.1, -0.05) is 6.92 Å². The van der Waals surface area contributed by atoms with E-state index in [0.717, 1.165) is 11.3 Å². The molecule has 17 heavy (non-hydrogen) atoms. The fourth-order valence-corrected chi connectivity index (χ4v) is 2.77. The van der Waals surface area contributed by atoms with Gasteiger partial charge in [-0.15, -0.1) is 11.3 Å². The van der Waals surface area contributed by atoms with Crippen LogP contribution in [-0.4, -0.2) is 48.3 Å². The first-order valence-electron chi connectivity index (χ1n) is 5.85. The minimum atomic E-state index is -0.238. The third-order valence-electron chi connectivity index (χ3n) is 2.85. The molecule has 0 spiro atoms. The maximum atomic E-state index is 12.2. The number of amides is 1. The number of hydrogen-bond donors (Lipinski definition) is 1. The van der Waals surface area contributed by atoms with Crippen LogP contribution >= 0.6 is 11.3 Å². The van der Waals surface area contributed by atoms with Crippen molar-refractivity contribution in [1.82, 2.24) is 4.90 Å². The van der Waals surface area contributed by atoms with E-state index in [1.165, 1.54) is 4.88 Å². The number of carbonyl (C=O) groups is 1. The third-order valence-corrected chi connectivity index (χ3v) is 4.07. The lowest BCUT2D eigenvalue weighted by molar-refractivity contribution is -0.0446. The summed E-state index contributed by atoms with van der Waals surface area (Å²) in [5, 5.41) is 9.04. The summed E-state index contributed by atoms with van der Waals surface area (Å²) in [4.78, 5) is 15.9. The molecule has 1 aliphatic rings. The molecule has 1 aromatic rings. The minimum Gasteiger partial charge on any atom is -0.394 e. The average Bonchev–Trinajstić information content (AvgIpc) is 2.86. The maximum absolute atomic E-state index is 12.2. The second-order valence-corrected chi connectivity index (χ2v) is 5.21. The highest BCUT2D eigenvalue weighted by Crippen LogP contribution is 2.20. The smallest absolute Gasteiger partial charge is 0.264 e. The van der Waals surface area contributed by atoms with Crippen molar-refractivity contribution in [3.05, 3.63) is 21.9 Å². The molecule has 1 aliphatic heterocycles. The summed E-state index contributed by atoms with van der Waals surface area (Å²) in [5.41, 5.74) is 0. The van der Waals surface area contributed by atoms with E-state index in [9.17, 15) is 4.79 Å². The zero-order chi connectivity index (χ0) is 12.3. The minimum absolute atomic E-state index is 0.0333. The molecule has 1 unspecified atom stereocenters. The van der Waals surface area contributed by atoms with E-state index < -0.39 is 0 Å². The Morgan fingerprint density at radius 2 is 2.47 bits per heavy atom. The van der Waals surface area contributed by atoms with Crippen molar-refractivity contribution in [2.45, 2.75) is 19.4 Å². The Hall–Kier alpha value is -0.910. The molecule has 1 fully saturated rings. The van der Waals surface area contributed by atoms with Crippen molar-refractivity contribution in [1.29, 1.82) is 0 Å². The van der Waals surface area contributed by atoms with Gasteiger partial charge in [0.15, 0.2) is 0 Å². The molecule has 1 amide bonds.